The Kier molecular flexibility index (Phi) is 3.96. The summed E-state index contributed by atoms with van der Waals surface area (Å²) in [6, 6.07) is 10.0. The van der Waals surface area contributed by atoms with Gasteiger partial charge in [0.25, 0.3) is 0 Å². The van der Waals surface area contributed by atoms with Crippen LogP contribution in [0.25, 0.3) is 0 Å². The summed E-state index contributed by atoms with van der Waals surface area (Å²) >= 11 is 0. The highest BCUT2D eigenvalue weighted by molar-refractivity contribution is 5.23. The fraction of sp³-hybridized carbons (Fsp3) is 0.625. The normalized spacial score (nSPS) is 24.8. The summed E-state index contributed by atoms with van der Waals surface area (Å²) in [5.41, 5.74) is 2.96. The van der Waals surface area contributed by atoms with E-state index in [1.165, 1.54) is 62.9 Å². The van der Waals surface area contributed by atoms with Crippen molar-refractivity contribution in [3.05, 3.63) is 35.4 Å². The van der Waals surface area contributed by atoms with Crippen molar-refractivity contribution in [2.24, 2.45) is 0 Å². The molecule has 18 heavy (non-hydrogen) atoms. The first-order valence-corrected chi connectivity index (χ1v) is 7.44. The molecular weight excluding hydrogens is 220 g/mol. The Labute approximate surface area is 110 Å². The van der Waals surface area contributed by atoms with Gasteiger partial charge in [-0.15, -0.1) is 0 Å². The van der Waals surface area contributed by atoms with Crippen molar-refractivity contribution < 1.29 is 0 Å². The first-order chi connectivity index (χ1) is 8.90. The Morgan fingerprint density at radius 1 is 1.00 bits per heavy atom. The predicted octanol–water partition coefficient (Wildman–Crippen LogP) is 2.58. The Balaban J connectivity index is 1.54. The molecule has 3 rings (SSSR count). The van der Waals surface area contributed by atoms with Gasteiger partial charge in [-0.2, -0.15) is 0 Å². The van der Waals surface area contributed by atoms with Crippen molar-refractivity contribution in [1.82, 2.24) is 10.2 Å². The first-order valence-electron chi connectivity index (χ1n) is 7.44. The van der Waals surface area contributed by atoms with Crippen molar-refractivity contribution in [2.45, 2.75) is 44.7 Å². The molecule has 1 aromatic rings. The van der Waals surface area contributed by atoms with Crippen LogP contribution in [0, 0.1) is 0 Å². The largest absolute Gasteiger partial charge is 0.314 e. The average molecular weight is 244 g/mol. The molecule has 98 valence electrons. The number of rotatable bonds is 4. The zero-order valence-electron chi connectivity index (χ0n) is 11.2. The lowest BCUT2D eigenvalue weighted by molar-refractivity contribution is 0.331. The molecule has 2 aliphatic rings. The number of likely N-dealkylation sites (tertiary alicyclic amines) is 1. The summed E-state index contributed by atoms with van der Waals surface area (Å²) in [6.45, 7) is 4.92. The number of hydrogen-bond donors (Lipinski definition) is 1. The molecule has 0 amide bonds. The van der Waals surface area contributed by atoms with E-state index in [2.05, 4.69) is 34.5 Å². The summed E-state index contributed by atoms with van der Waals surface area (Å²) in [7, 11) is 0. The number of benzene rings is 1. The standard InChI is InChI=1S/C16H24N2/c1-2-11-18(10-1)13-15-7-5-14(6-8-15)12-16-4-3-9-17-16/h5-8,16-17H,1-4,9-13H2. The quantitative estimate of drug-likeness (QED) is 0.876. The molecule has 1 atom stereocenters. The van der Waals surface area contributed by atoms with Crippen molar-refractivity contribution in [3.63, 3.8) is 0 Å². The van der Waals surface area contributed by atoms with Gasteiger partial charge in [-0.05, 0) is 62.9 Å². The van der Waals surface area contributed by atoms with E-state index < -0.39 is 0 Å². The molecule has 0 bridgehead atoms. The minimum absolute atomic E-state index is 0.717. The SMILES string of the molecule is c1cc(CN2CCCC2)ccc1CC1CCCN1. The van der Waals surface area contributed by atoms with Crippen molar-refractivity contribution in [1.29, 1.82) is 0 Å². The second-order valence-corrected chi connectivity index (χ2v) is 5.80. The van der Waals surface area contributed by atoms with E-state index in [-0.39, 0.29) is 0 Å². The molecule has 2 aliphatic heterocycles. The third-order valence-electron chi connectivity index (χ3n) is 4.27. The topological polar surface area (TPSA) is 15.3 Å². The number of hydrogen-bond acceptors (Lipinski definition) is 2. The maximum atomic E-state index is 3.57. The van der Waals surface area contributed by atoms with E-state index in [4.69, 9.17) is 0 Å². The van der Waals surface area contributed by atoms with E-state index in [0.29, 0.717) is 0 Å². The van der Waals surface area contributed by atoms with Gasteiger partial charge in [-0.25, -0.2) is 0 Å². The smallest absolute Gasteiger partial charge is 0.0233 e. The molecule has 0 spiro atoms. The molecule has 0 saturated carbocycles. The Morgan fingerprint density at radius 2 is 1.72 bits per heavy atom. The van der Waals surface area contributed by atoms with Crippen LogP contribution in [0.3, 0.4) is 0 Å². The van der Waals surface area contributed by atoms with Crippen LogP contribution in [-0.4, -0.2) is 30.6 Å². The second kappa shape index (κ2) is 5.85. The fourth-order valence-electron chi connectivity index (χ4n) is 3.20. The van der Waals surface area contributed by atoms with Gasteiger partial charge in [0.05, 0.1) is 0 Å². The molecule has 2 saturated heterocycles. The van der Waals surface area contributed by atoms with E-state index in [1.807, 2.05) is 0 Å². The average Bonchev–Trinajstić information content (AvgIpc) is 3.05. The van der Waals surface area contributed by atoms with E-state index in [9.17, 15) is 0 Å². The predicted molar refractivity (Wildman–Crippen MR) is 75.7 cm³/mol. The summed E-state index contributed by atoms with van der Waals surface area (Å²) < 4.78 is 0. The lowest BCUT2D eigenvalue weighted by Crippen LogP contribution is -2.23. The zero-order valence-corrected chi connectivity index (χ0v) is 11.2. The molecule has 2 heterocycles. The molecule has 2 nitrogen and oxygen atoms in total. The minimum atomic E-state index is 0.717. The van der Waals surface area contributed by atoms with Gasteiger partial charge in [0.1, 0.15) is 0 Å². The van der Waals surface area contributed by atoms with Crippen LogP contribution in [0.1, 0.15) is 36.8 Å². The third kappa shape index (κ3) is 3.12. The second-order valence-electron chi connectivity index (χ2n) is 5.80. The zero-order chi connectivity index (χ0) is 12.2. The van der Waals surface area contributed by atoms with Crippen molar-refractivity contribution in [3.8, 4) is 0 Å². The van der Waals surface area contributed by atoms with Gasteiger partial charge < -0.3 is 5.32 Å². The molecule has 2 heteroatoms. The molecule has 0 radical (unpaired) electrons. The Hall–Kier alpha value is -0.860. The fourth-order valence-corrected chi connectivity index (χ4v) is 3.20. The lowest BCUT2D eigenvalue weighted by atomic mass is 10.0. The van der Waals surface area contributed by atoms with Crippen molar-refractivity contribution in [2.75, 3.05) is 19.6 Å². The molecule has 0 aliphatic carbocycles. The summed E-state index contributed by atoms with van der Waals surface area (Å²) in [5, 5.41) is 3.57. The molecular formula is C16H24N2. The summed E-state index contributed by atoms with van der Waals surface area (Å²) in [5.74, 6) is 0. The number of nitrogens with one attached hydrogen (secondary N) is 1. The van der Waals surface area contributed by atoms with Crippen LogP contribution in [0.2, 0.25) is 0 Å². The van der Waals surface area contributed by atoms with Gasteiger partial charge >= 0.3 is 0 Å². The number of nitrogens with zero attached hydrogens (tertiary/aromatic N) is 1. The van der Waals surface area contributed by atoms with Crippen LogP contribution in [0.5, 0.6) is 0 Å². The van der Waals surface area contributed by atoms with Gasteiger partial charge in [0.15, 0.2) is 0 Å². The monoisotopic (exact) mass is 244 g/mol. The Morgan fingerprint density at radius 3 is 2.39 bits per heavy atom. The van der Waals surface area contributed by atoms with Gasteiger partial charge in [0, 0.05) is 12.6 Å². The molecule has 1 unspecified atom stereocenters. The summed E-state index contributed by atoms with van der Waals surface area (Å²) in [4.78, 5) is 2.56. The van der Waals surface area contributed by atoms with Crippen LogP contribution in [-0.2, 0) is 13.0 Å². The third-order valence-corrected chi connectivity index (χ3v) is 4.27. The lowest BCUT2D eigenvalue weighted by Gasteiger charge is -2.15. The van der Waals surface area contributed by atoms with Gasteiger partial charge in [-0.3, -0.25) is 4.90 Å². The highest BCUT2D eigenvalue weighted by Crippen LogP contribution is 2.15. The van der Waals surface area contributed by atoms with Crippen LogP contribution in [0.15, 0.2) is 24.3 Å². The summed E-state index contributed by atoms with van der Waals surface area (Å²) in [6.07, 6.45) is 6.65. The van der Waals surface area contributed by atoms with Crippen molar-refractivity contribution >= 4 is 0 Å². The highest BCUT2D eigenvalue weighted by atomic mass is 15.1. The van der Waals surface area contributed by atoms with Gasteiger partial charge in [0.2, 0.25) is 0 Å². The van der Waals surface area contributed by atoms with Crippen LogP contribution < -0.4 is 5.32 Å². The molecule has 2 fully saturated rings. The van der Waals surface area contributed by atoms with E-state index in [0.717, 1.165) is 12.6 Å². The molecule has 1 N–H and O–H groups in total. The van der Waals surface area contributed by atoms with E-state index >= 15 is 0 Å². The maximum Gasteiger partial charge on any atom is 0.0233 e. The Bertz CT molecular complexity index is 322. The molecule has 1 aromatic carbocycles. The minimum Gasteiger partial charge on any atom is -0.314 e. The van der Waals surface area contributed by atoms with Crippen LogP contribution in [0.4, 0.5) is 0 Å². The van der Waals surface area contributed by atoms with E-state index in [1.54, 1.807) is 0 Å². The molecule has 0 aromatic heterocycles. The van der Waals surface area contributed by atoms with Crippen LogP contribution >= 0.6 is 0 Å². The maximum absolute atomic E-state index is 3.57. The van der Waals surface area contributed by atoms with Gasteiger partial charge in [-0.1, -0.05) is 24.3 Å². The first kappa shape index (κ1) is 12.2. The highest BCUT2D eigenvalue weighted by Gasteiger charge is 2.14.